The highest BCUT2D eigenvalue weighted by molar-refractivity contribution is 7.90. The van der Waals surface area contributed by atoms with Crippen LogP contribution in [0, 0.1) is 11.8 Å². The fraction of sp³-hybridized carbons (Fsp3) is 1.00. The van der Waals surface area contributed by atoms with E-state index in [2.05, 4.69) is 20.9 Å². The number of rotatable bonds is 6. The highest BCUT2D eigenvalue weighted by atomic mass is 32.2. The van der Waals surface area contributed by atoms with Crippen LogP contribution in [0.2, 0.25) is 0 Å². The van der Waals surface area contributed by atoms with E-state index in [0.717, 1.165) is 38.8 Å². The van der Waals surface area contributed by atoms with Gasteiger partial charge in [-0.1, -0.05) is 0 Å². The van der Waals surface area contributed by atoms with Gasteiger partial charge >= 0.3 is 0 Å². The lowest BCUT2D eigenvalue weighted by Gasteiger charge is -2.41. The second kappa shape index (κ2) is 9.24. The number of methoxy groups -OCH3 is 1. The molecule has 8 unspecified atom stereocenters. The maximum atomic E-state index is 13.3. The Hall–Kier alpha value is -0.370. The quantitative estimate of drug-likeness (QED) is 0.329. The molecule has 3 aliphatic heterocycles. The smallest absolute Gasteiger partial charge is 0.217 e. The fourth-order valence-corrected chi connectivity index (χ4v) is 7.21. The van der Waals surface area contributed by atoms with Crippen LogP contribution in [0.5, 0.6) is 0 Å². The Morgan fingerprint density at radius 2 is 2.00 bits per heavy atom. The molecule has 0 bridgehead atoms. The van der Waals surface area contributed by atoms with Gasteiger partial charge in [-0.25, -0.2) is 23.2 Å². The van der Waals surface area contributed by atoms with Crippen LogP contribution in [0.4, 0.5) is 0 Å². The van der Waals surface area contributed by atoms with E-state index in [1.165, 1.54) is 0 Å². The predicted molar refractivity (Wildman–Crippen MR) is 114 cm³/mol. The van der Waals surface area contributed by atoms with E-state index in [1.807, 2.05) is 24.0 Å². The molecule has 174 valence electrons. The third kappa shape index (κ3) is 4.55. The van der Waals surface area contributed by atoms with Gasteiger partial charge in [0.15, 0.2) is 0 Å². The van der Waals surface area contributed by atoms with E-state index < -0.39 is 15.3 Å². The number of aliphatic hydroxyl groups excluding tert-OH is 1. The fourth-order valence-electron chi connectivity index (χ4n) is 5.70. The summed E-state index contributed by atoms with van der Waals surface area (Å²) in [5.41, 5.74) is 6.62. The summed E-state index contributed by atoms with van der Waals surface area (Å²) in [5.74, 6) is 0.662. The molecule has 8 atom stereocenters. The number of likely N-dealkylation sites (N-methyl/N-ethyl adjacent to an activating group) is 1. The van der Waals surface area contributed by atoms with E-state index in [0.29, 0.717) is 19.0 Å². The molecule has 3 saturated heterocycles. The molecule has 0 aromatic rings. The summed E-state index contributed by atoms with van der Waals surface area (Å²) in [4.78, 5) is 0. The van der Waals surface area contributed by atoms with E-state index in [9.17, 15) is 13.5 Å². The normalized spacial score (nSPS) is 42.3. The van der Waals surface area contributed by atoms with Gasteiger partial charge in [-0.3, -0.25) is 10.9 Å². The lowest BCUT2D eigenvalue weighted by atomic mass is 9.80. The Kier molecular flexibility index (Phi) is 7.03. The molecule has 0 aromatic heterocycles. The Morgan fingerprint density at radius 1 is 1.20 bits per heavy atom. The average molecular weight is 447 g/mol. The summed E-state index contributed by atoms with van der Waals surface area (Å²) >= 11 is 0. The third-order valence-corrected chi connectivity index (χ3v) is 9.36. The Morgan fingerprint density at radius 3 is 2.73 bits per heavy atom. The minimum Gasteiger partial charge on any atom is -0.393 e. The molecule has 0 aromatic carbocycles. The first-order chi connectivity index (χ1) is 14.3. The number of ether oxygens (including phenoxy) is 1. The molecule has 4 fully saturated rings. The van der Waals surface area contributed by atoms with Crippen LogP contribution >= 0.6 is 0 Å². The SMILES string of the molecule is COC1CCC2CNN(C)C2C1NS(=O)(=O)C1CNN(C2CC(C(C)O)CCN2)C1. The van der Waals surface area contributed by atoms with Crippen molar-refractivity contribution in [3.63, 3.8) is 0 Å². The van der Waals surface area contributed by atoms with Gasteiger partial charge in [0, 0.05) is 39.8 Å². The minimum absolute atomic E-state index is 0.0366. The zero-order valence-electron chi connectivity index (χ0n) is 18.3. The minimum atomic E-state index is -3.53. The number of hydrogen-bond donors (Lipinski definition) is 5. The van der Waals surface area contributed by atoms with Crippen molar-refractivity contribution >= 4 is 10.0 Å². The van der Waals surface area contributed by atoms with Crippen molar-refractivity contribution < 1.29 is 18.3 Å². The van der Waals surface area contributed by atoms with E-state index >= 15 is 0 Å². The summed E-state index contributed by atoms with van der Waals surface area (Å²) in [5, 5.41) is 16.9. The maximum absolute atomic E-state index is 13.3. The van der Waals surface area contributed by atoms with Crippen LogP contribution in [0.3, 0.4) is 0 Å². The molecule has 0 radical (unpaired) electrons. The molecule has 30 heavy (non-hydrogen) atoms. The van der Waals surface area contributed by atoms with Crippen LogP contribution in [0.25, 0.3) is 0 Å². The Bertz CT molecular complexity index is 695. The topological polar surface area (TPSA) is 118 Å². The van der Waals surface area contributed by atoms with Gasteiger partial charge in [0.05, 0.1) is 24.4 Å². The monoisotopic (exact) mass is 446 g/mol. The summed E-state index contributed by atoms with van der Waals surface area (Å²) in [6, 6.07) is -0.170. The second-order valence-corrected chi connectivity index (χ2v) is 11.4. The van der Waals surface area contributed by atoms with Crippen molar-refractivity contribution in [1.29, 1.82) is 0 Å². The van der Waals surface area contributed by atoms with Crippen molar-refractivity contribution in [3.8, 4) is 0 Å². The highest BCUT2D eigenvalue weighted by Gasteiger charge is 2.48. The summed E-state index contributed by atoms with van der Waals surface area (Å²) in [7, 11) is 0.118. The molecule has 3 heterocycles. The number of hydrogen-bond acceptors (Lipinski definition) is 9. The number of fused-ring (bicyclic) bond motifs is 1. The van der Waals surface area contributed by atoms with Crippen molar-refractivity contribution in [3.05, 3.63) is 0 Å². The zero-order chi connectivity index (χ0) is 21.5. The van der Waals surface area contributed by atoms with Gasteiger partial charge in [0.1, 0.15) is 5.25 Å². The van der Waals surface area contributed by atoms with E-state index in [1.54, 1.807) is 7.11 Å². The lowest BCUT2D eigenvalue weighted by molar-refractivity contribution is 0.00327. The number of hydrazine groups is 2. The Labute approximate surface area is 180 Å². The molecule has 1 aliphatic carbocycles. The maximum Gasteiger partial charge on any atom is 0.217 e. The number of piperidine rings is 1. The van der Waals surface area contributed by atoms with Crippen molar-refractivity contribution in [1.82, 2.24) is 30.9 Å². The molecule has 0 spiro atoms. The van der Waals surface area contributed by atoms with Crippen molar-refractivity contribution in [2.75, 3.05) is 40.3 Å². The van der Waals surface area contributed by atoms with Gasteiger partial charge < -0.3 is 15.2 Å². The third-order valence-electron chi connectivity index (χ3n) is 7.57. The summed E-state index contributed by atoms with van der Waals surface area (Å²) in [6.07, 6.45) is 3.21. The van der Waals surface area contributed by atoms with Gasteiger partial charge in [0.25, 0.3) is 0 Å². The van der Waals surface area contributed by atoms with Gasteiger partial charge in [0.2, 0.25) is 10.0 Å². The van der Waals surface area contributed by atoms with Gasteiger partial charge in [-0.2, -0.15) is 0 Å². The summed E-state index contributed by atoms with van der Waals surface area (Å²) < 4.78 is 35.4. The van der Waals surface area contributed by atoms with Crippen LogP contribution in [0.1, 0.15) is 32.6 Å². The second-order valence-electron chi connectivity index (χ2n) is 9.40. The van der Waals surface area contributed by atoms with Crippen LogP contribution in [-0.4, -0.2) is 99.6 Å². The molecule has 5 N–H and O–H groups in total. The largest absolute Gasteiger partial charge is 0.393 e. The van der Waals surface area contributed by atoms with Gasteiger partial charge in [-0.15, -0.1) is 0 Å². The van der Waals surface area contributed by atoms with E-state index in [-0.39, 0.29) is 36.4 Å². The standard InChI is InChI=1S/C19H38N6O4S/c1-12(26)13-6-7-20-17(8-13)25-11-15(10-22-25)30(27,28)23-18-16(29-3)5-4-14-9-21-24(2)19(14)18/h12-23,26H,4-11H2,1-3H3. The molecular formula is C19H38N6O4S. The lowest BCUT2D eigenvalue weighted by Crippen LogP contribution is -2.61. The molecule has 4 aliphatic rings. The predicted octanol–water partition coefficient (Wildman–Crippen LogP) is -1.59. The van der Waals surface area contributed by atoms with Crippen molar-refractivity contribution in [2.24, 2.45) is 11.8 Å². The van der Waals surface area contributed by atoms with Crippen LogP contribution < -0.4 is 20.9 Å². The van der Waals surface area contributed by atoms with Crippen LogP contribution in [0.15, 0.2) is 0 Å². The zero-order valence-corrected chi connectivity index (χ0v) is 19.1. The van der Waals surface area contributed by atoms with E-state index in [4.69, 9.17) is 4.74 Å². The molecule has 0 amide bonds. The number of sulfonamides is 1. The molecule has 10 nitrogen and oxygen atoms in total. The Balaban J connectivity index is 1.41. The number of nitrogens with zero attached hydrogens (tertiary/aromatic N) is 2. The summed E-state index contributed by atoms with van der Waals surface area (Å²) in [6.45, 7) is 4.35. The highest BCUT2D eigenvalue weighted by Crippen LogP contribution is 2.33. The van der Waals surface area contributed by atoms with Crippen LogP contribution in [-0.2, 0) is 14.8 Å². The van der Waals surface area contributed by atoms with Gasteiger partial charge in [-0.05, 0) is 51.0 Å². The number of aliphatic hydroxyl groups is 1. The van der Waals surface area contributed by atoms with Crippen molar-refractivity contribution in [2.45, 2.75) is 68.3 Å². The molecule has 1 saturated carbocycles. The first-order valence-electron chi connectivity index (χ1n) is 11.2. The molecular weight excluding hydrogens is 408 g/mol. The first kappa shape index (κ1) is 22.8. The molecule has 11 heteroatoms. The first-order valence-corrected chi connectivity index (χ1v) is 12.8. The average Bonchev–Trinajstić information content (AvgIpc) is 3.36. The molecule has 4 rings (SSSR count). The number of nitrogens with one attached hydrogen (secondary N) is 4.